The van der Waals surface area contributed by atoms with Crippen LogP contribution in [0.5, 0.6) is 0 Å². The summed E-state index contributed by atoms with van der Waals surface area (Å²) in [7, 11) is 0. The van der Waals surface area contributed by atoms with Gasteiger partial charge < -0.3 is 50.0 Å². The average molecular weight is 1320 g/mol. The zero-order valence-electron chi connectivity index (χ0n) is 54.0. The monoisotopic (exact) mass is 1320 g/mol. The molecule has 0 amide bonds. The molecular weight excluding hydrogens is 1230 g/mol. The zero-order chi connectivity index (χ0) is 67.9. The molecule has 20 heteroatoms. The first kappa shape index (κ1) is 70.1. The van der Waals surface area contributed by atoms with Gasteiger partial charge in [0, 0.05) is 93.2 Å². The van der Waals surface area contributed by atoms with Gasteiger partial charge in [0.2, 0.25) is 0 Å². The summed E-state index contributed by atoms with van der Waals surface area (Å²) < 4.78 is 83.7. The summed E-state index contributed by atoms with van der Waals surface area (Å²) in [6.45, 7) is 6.46. The molecule has 96 heavy (non-hydrogen) atoms. The van der Waals surface area contributed by atoms with Crippen LogP contribution in [0.15, 0.2) is 176 Å². The highest BCUT2D eigenvalue weighted by atomic mass is 19.4. The van der Waals surface area contributed by atoms with E-state index >= 15 is 0 Å². The number of benzene rings is 8. The molecule has 0 aliphatic heterocycles. The van der Waals surface area contributed by atoms with E-state index in [4.69, 9.17) is 9.97 Å². The van der Waals surface area contributed by atoms with Crippen LogP contribution in [0.1, 0.15) is 110 Å². The Hall–Kier alpha value is -8.76. The number of carbonyl (C=O) groups excluding carboxylic acids is 2. The third kappa shape index (κ3) is 17.8. The number of aliphatic hydroxyl groups excluding tert-OH is 4. The molecule has 0 spiro atoms. The Morgan fingerprint density at radius 1 is 0.521 bits per heavy atom. The minimum Gasteiger partial charge on any atom is -0.395 e. The molecule has 504 valence electrons. The van der Waals surface area contributed by atoms with Crippen LogP contribution in [0.2, 0.25) is 0 Å². The summed E-state index contributed by atoms with van der Waals surface area (Å²) in [6, 6.07) is 51.5. The van der Waals surface area contributed by atoms with Crippen molar-refractivity contribution in [3.63, 3.8) is 0 Å². The molecule has 2 heterocycles. The fourth-order valence-electron chi connectivity index (χ4n) is 12.9. The maximum absolute atomic E-state index is 13.3. The van der Waals surface area contributed by atoms with Crippen LogP contribution in [-0.4, -0.2) is 110 Å². The number of rotatable bonds is 28. The van der Waals surface area contributed by atoms with Gasteiger partial charge in [0.1, 0.15) is 23.2 Å². The first-order chi connectivity index (χ1) is 46.3. The number of carbonyl (C=O) groups is 2. The van der Waals surface area contributed by atoms with E-state index in [1.165, 1.54) is 56.4 Å². The second-order valence-corrected chi connectivity index (χ2v) is 24.7. The molecule has 2 unspecified atom stereocenters. The van der Waals surface area contributed by atoms with Crippen molar-refractivity contribution in [3.05, 3.63) is 215 Å². The molecule has 11 rings (SSSR count). The Morgan fingerprint density at radius 3 is 1.38 bits per heavy atom. The molecule has 0 bridgehead atoms. The van der Waals surface area contributed by atoms with Crippen LogP contribution >= 0.6 is 0 Å². The Bertz CT molecular complexity index is 4170. The molecule has 1 fully saturated rings. The smallest absolute Gasteiger partial charge is 0.395 e. The molecule has 0 radical (unpaired) electrons. The number of Topliss-reactive ketones (excluding diaryl/α,β-unsaturated/α-hetero) is 2. The Morgan fingerprint density at radius 2 is 0.948 bits per heavy atom. The molecule has 10 aromatic rings. The van der Waals surface area contributed by atoms with E-state index in [9.17, 15) is 56.4 Å². The van der Waals surface area contributed by atoms with Crippen molar-refractivity contribution in [1.29, 1.82) is 0 Å². The van der Waals surface area contributed by atoms with Crippen molar-refractivity contribution in [2.75, 3.05) is 69.0 Å². The first-order valence-electron chi connectivity index (χ1n) is 32.7. The Labute approximate surface area is 554 Å². The lowest BCUT2D eigenvalue weighted by Gasteiger charge is -2.25. The zero-order valence-corrected chi connectivity index (χ0v) is 54.0. The van der Waals surface area contributed by atoms with Gasteiger partial charge >= 0.3 is 12.4 Å². The van der Waals surface area contributed by atoms with Gasteiger partial charge in [0.25, 0.3) is 0 Å². The van der Waals surface area contributed by atoms with E-state index in [1.54, 1.807) is 13.8 Å². The summed E-state index contributed by atoms with van der Waals surface area (Å²) in [6.07, 6.45) is -2.00. The summed E-state index contributed by atoms with van der Waals surface area (Å²) in [5.41, 5.74) is 9.32. The van der Waals surface area contributed by atoms with Gasteiger partial charge in [0.05, 0.1) is 59.6 Å². The number of imidazole rings is 2. The molecule has 14 nitrogen and oxygen atoms in total. The number of hydrogen-bond acceptors (Lipinski definition) is 12. The number of aromatic nitrogens is 4. The van der Waals surface area contributed by atoms with Crippen LogP contribution in [0.3, 0.4) is 0 Å². The van der Waals surface area contributed by atoms with Crippen molar-refractivity contribution >= 4 is 55.8 Å². The van der Waals surface area contributed by atoms with Gasteiger partial charge in [-0.15, -0.1) is 0 Å². The Balaban J connectivity index is 0.000000210. The van der Waals surface area contributed by atoms with Crippen molar-refractivity contribution in [3.8, 4) is 22.8 Å². The van der Waals surface area contributed by atoms with Crippen molar-refractivity contribution in [1.82, 2.24) is 29.7 Å². The molecule has 2 atom stereocenters. The molecular formula is C76H82F6N8O6. The molecule has 1 saturated carbocycles. The molecule has 1 aliphatic carbocycles. The summed E-state index contributed by atoms with van der Waals surface area (Å²) in [5.74, 6) is 2.05. The minimum absolute atomic E-state index is 0.0468. The van der Waals surface area contributed by atoms with Crippen LogP contribution in [0.25, 0.3) is 55.6 Å². The van der Waals surface area contributed by atoms with Gasteiger partial charge in [-0.3, -0.25) is 9.59 Å². The number of anilines is 2. The maximum atomic E-state index is 13.3. The quantitative estimate of drug-likeness (QED) is 0.0256. The second-order valence-electron chi connectivity index (χ2n) is 24.7. The van der Waals surface area contributed by atoms with Crippen LogP contribution < -0.4 is 20.4 Å². The normalized spacial score (nSPS) is 13.6. The van der Waals surface area contributed by atoms with Gasteiger partial charge in [-0.2, -0.15) is 26.3 Å². The van der Waals surface area contributed by atoms with Crippen molar-refractivity contribution < 1.29 is 56.4 Å². The van der Waals surface area contributed by atoms with Crippen LogP contribution in [0.4, 0.5) is 37.7 Å². The molecule has 1 aliphatic rings. The van der Waals surface area contributed by atoms with Crippen LogP contribution in [-0.2, 0) is 41.6 Å². The summed E-state index contributed by atoms with van der Waals surface area (Å²) in [5, 5.41) is 47.5. The SMILES string of the molecule is CC(=O)CC(NCC1CCCCC1)c1ccc2c(c1)nc(-c1ccc(N(CCO)CCO)cc1)n2Cc1ccc(C(F)(F)F)cc1.CC(=O)CC(NCc1cccc2ccccc12)c1ccc2c(c1)nc(-c1ccc(N(CCO)CCO)cc1)n2Cc1ccc(C(F)(F)F)cc1. The highest BCUT2D eigenvalue weighted by molar-refractivity contribution is 5.86. The number of fused-ring (bicyclic) bond motifs is 3. The highest BCUT2D eigenvalue weighted by Crippen LogP contribution is 2.36. The number of nitrogens with zero attached hydrogens (tertiary/aromatic N) is 6. The maximum Gasteiger partial charge on any atom is 0.416 e. The van der Waals surface area contributed by atoms with Crippen molar-refractivity contribution in [2.45, 2.75) is 103 Å². The number of nitrogens with one attached hydrogen (secondary N) is 2. The summed E-state index contributed by atoms with van der Waals surface area (Å²) >= 11 is 0. The predicted molar refractivity (Wildman–Crippen MR) is 366 cm³/mol. The van der Waals surface area contributed by atoms with E-state index in [1.807, 2.05) is 122 Å². The topological polar surface area (TPSA) is 181 Å². The standard InChI is InChI=1S/C40H39F3N4O3.C36H43F3N4O3/c1-27(50)23-36(44-25-32-7-4-6-29-5-2-3-8-35(29)32)31-13-18-38-37(24-31)45-39(30-11-16-34(17-12-30)46(19-21-48)20-22-49)47(38)26-28-9-14-33(15-10-28)40(41,42)43;1-25(46)21-32(40-23-26-5-3-2-4-6-26)29-11-16-34-33(22-29)41-35(28-9-14-31(15-10-28)42(17-19-44)18-20-45)43(34)24-27-7-12-30(13-8-27)36(37,38)39/h2-18,24,36,44,48-49H,19-23,25-26H2,1H3;7-16,22,26,32,40,44-45H,2-6,17-21,23-24H2,1H3. The van der Waals surface area contributed by atoms with E-state index in [0.29, 0.717) is 79.9 Å². The van der Waals surface area contributed by atoms with E-state index in [2.05, 4.69) is 34.9 Å². The third-order valence-electron chi connectivity index (χ3n) is 17.8. The lowest BCUT2D eigenvalue weighted by Crippen LogP contribution is -2.29. The van der Waals surface area contributed by atoms with Crippen molar-refractivity contribution in [2.24, 2.45) is 5.92 Å². The molecule has 2 aromatic heterocycles. The van der Waals surface area contributed by atoms with Gasteiger partial charge in [-0.1, -0.05) is 98.1 Å². The summed E-state index contributed by atoms with van der Waals surface area (Å²) in [4.78, 5) is 38.5. The molecule has 8 aromatic carbocycles. The fourth-order valence-corrected chi connectivity index (χ4v) is 12.9. The number of hydrogen-bond donors (Lipinski definition) is 6. The lowest BCUT2D eigenvalue weighted by molar-refractivity contribution is -0.138. The van der Waals surface area contributed by atoms with Gasteiger partial charge in [-0.05, 0) is 175 Å². The second kappa shape index (κ2) is 32.3. The van der Waals surface area contributed by atoms with E-state index in [-0.39, 0.29) is 63.0 Å². The van der Waals surface area contributed by atoms with Gasteiger partial charge in [-0.25, -0.2) is 9.97 Å². The van der Waals surface area contributed by atoms with Gasteiger partial charge in [0.15, 0.2) is 0 Å². The predicted octanol–water partition coefficient (Wildman–Crippen LogP) is 14.3. The number of aliphatic hydroxyl groups is 4. The largest absolute Gasteiger partial charge is 0.416 e. The number of ketones is 2. The Kier molecular flexibility index (Phi) is 23.6. The number of alkyl halides is 6. The highest BCUT2D eigenvalue weighted by Gasteiger charge is 2.32. The number of halogens is 6. The van der Waals surface area contributed by atoms with E-state index < -0.39 is 23.5 Å². The van der Waals surface area contributed by atoms with Crippen LogP contribution in [0, 0.1) is 5.92 Å². The fraction of sp³-hybridized carbons (Fsp3) is 0.342. The molecule has 6 N–H and O–H groups in total. The molecule has 0 saturated heterocycles. The minimum atomic E-state index is -4.43. The average Bonchev–Trinajstić information content (AvgIpc) is 1.63. The third-order valence-corrected chi connectivity index (χ3v) is 17.8. The lowest BCUT2D eigenvalue weighted by atomic mass is 9.89. The van der Waals surface area contributed by atoms with E-state index in [0.717, 1.165) is 97.3 Å². The first-order valence-corrected chi connectivity index (χ1v) is 32.7.